The van der Waals surface area contributed by atoms with E-state index in [2.05, 4.69) is 5.32 Å². The minimum atomic E-state index is -0.482. The number of methoxy groups -OCH3 is 2. The van der Waals surface area contributed by atoms with Crippen molar-refractivity contribution in [2.75, 3.05) is 14.2 Å². The normalized spacial score (nSPS) is 11.5. The predicted octanol–water partition coefficient (Wildman–Crippen LogP) is 3.14. The second-order valence-corrected chi connectivity index (χ2v) is 4.22. The van der Waals surface area contributed by atoms with Crippen molar-refractivity contribution < 1.29 is 14.3 Å². The Kier molecular flexibility index (Phi) is 4.60. The van der Waals surface area contributed by atoms with Crippen molar-refractivity contribution in [2.24, 2.45) is 0 Å². The van der Waals surface area contributed by atoms with Crippen molar-refractivity contribution in [3.63, 3.8) is 0 Å². The summed E-state index contributed by atoms with van der Waals surface area (Å²) < 4.78 is 10.1. The maximum atomic E-state index is 11.6. The molecule has 4 nitrogen and oxygen atoms in total. The van der Waals surface area contributed by atoms with E-state index in [1.165, 1.54) is 7.11 Å². The van der Waals surface area contributed by atoms with Gasteiger partial charge < -0.3 is 14.8 Å². The molecule has 104 valence electrons. The number of carbonyl (C=O) groups excluding carboxylic acids is 1. The summed E-state index contributed by atoms with van der Waals surface area (Å²) in [5, 5.41) is 2.83. The summed E-state index contributed by atoms with van der Waals surface area (Å²) in [5.74, 6) is 0.720. The number of amides is 1. The molecule has 0 aliphatic carbocycles. The number of benzene rings is 2. The summed E-state index contributed by atoms with van der Waals surface area (Å²) in [6.45, 7) is 0. The Morgan fingerprint density at radius 1 is 1.00 bits per heavy atom. The van der Waals surface area contributed by atoms with Crippen LogP contribution in [0.25, 0.3) is 0 Å². The molecule has 2 rings (SSSR count). The SMILES string of the molecule is COC(=O)NC(c1ccccc1)c1ccccc1OC. The Hall–Kier alpha value is -2.49. The van der Waals surface area contributed by atoms with E-state index in [-0.39, 0.29) is 6.04 Å². The van der Waals surface area contributed by atoms with Gasteiger partial charge in [0.2, 0.25) is 0 Å². The van der Waals surface area contributed by atoms with Crippen LogP contribution in [0, 0.1) is 0 Å². The molecule has 0 spiro atoms. The highest BCUT2D eigenvalue weighted by atomic mass is 16.5. The van der Waals surface area contributed by atoms with Gasteiger partial charge in [0.25, 0.3) is 0 Å². The van der Waals surface area contributed by atoms with Crippen molar-refractivity contribution in [3.8, 4) is 5.75 Å². The minimum absolute atomic E-state index is 0.320. The van der Waals surface area contributed by atoms with E-state index in [1.54, 1.807) is 7.11 Å². The number of alkyl carbamates (subject to hydrolysis) is 1. The van der Waals surface area contributed by atoms with Gasteiger partial charge in [-0.2, -0.15) is 0 Å². The third-order valence-corrected chi connectivity index (χ3v) is 3.03. The summed E-state index contributed by atoms with van der Waals surface area (Å²) in [6.07, 6.45) is -0.482. The van der Waals surface area contributed by atoms with Gasteiger partial charge in [0, 0.05) is 5.56 Å². The number of hydrogen-bond donors (Lipinski definition) is 1. The molecule has 0 bridgehead atoms. The van der Waals surface area contributed by atoms with Crippen molar-refractivity contribution in [1.82, 2.24) is 5.32 Å². The Labute approximate surface area is 118 Å². The van der Waals surface area contributed by atoms with Crippen LogP contribution in [-0.2, 0) is 4.74 Å². The lowest BCUT2D eigenvalue weighted by Crippen LogP contribution is -2.29. The Morgan fingerprint density at radius 3 is 2.30 bits per heavy atom. The number of ether oxygens (including phenoxy) is 2. The third-order valence-electron chi connectivity index (χ3n) is 3.03. The van der Waals surface area contributed by atoms with E-state index in [1.807, 2.05) is 54.6 Å². The number of nitrogens with one attached hydrogen (secondary N) is 1. The van der Waals surface area contributed by atoms with Gasteiger partial charge in [-0.3, -0.25) is 0 Å². The zero-order chi connectivity index (χ0) is 14.4. The van der Waals surface area contributed by atoms with Crippen LogP contribution in [0.2, 0.25) is 0 Å². The van der Waals surface area contributed by atoms with Gasteiger partial charge in [-0.15, -0.1) is 0 Å². The van der Waals surface area contributed by atoms with E-state index in [9.17, 15) is 4.79 Å². The zero-order valence-corrected chi connectivity index (χ0v) is 11.5. The van der Waals surface area contributed by atoms with Crippen LogP contribution in [0.15, 0.2) is 54.6 Å². The number of carbonyl (C=O) groups is 1. The van der Waals surface area contributed by atoms with Crippen LogP contribution in [0.1, 0.15) is 17.2 Å². The molecule has 0 aliphatic heterocycles. The molecule has 0 saturated carbocycles. The van der Waals surface area contributed by atoms with E-state index < -0.39 is 6.09 Å². The van der Waals surface area contributed by atoms with Crippen LogP contribution >= 0.6 is 0 Å². The molecule has 1 amide bonds. The molecule has 1 unspecified atom stereocenters. The summed E-state index contributed by atoms with van der Waals surface area (Å²) in [6, 6.07) is 17.0. The fraction of sp³-hybridized carbons (Fsp3) is 0.188. The van der Waals surface area contributed by atoms with Gasteiger partial charge in [-0.25, -0.2) is 4.79 Å². The Bertz CT molecular complexity index is 569. The average Bonchev–Trinajstić information content (AvgIpc) is 2.53. The molecule has 0 aliphatic rings. The first kappa shape index (κ1) is 13.9. The molecule has 0 radical (unpaired) electrons. The fourth-order valence-electron chi connectivity index (χ4n) is 2.07. The number of hydrogen-bond acceptors (Lipinski definition) is 3. The molecule has 1 atom stereocenters. The van der Waals surface area contributed by atoms with Gasteiger partial charge >= 0.3 is 6.09 Å². The monoisotopic (exact) mass is 271 g/mol. The quantitative estimate of drug-likeness (QED) is 0.929. The number of rotatable bonds is 4. The fourth-order valence-corrected chi connectivity index (χ4v) is 2.07. The second-order valence-electron chi connectivity index (χ2n) is 4.22. The number of para-hydroxylation sites is 1. The highest BCUT2D eigenvalue weighted by molar-refractivity contribution is 5.68. The lowest BCUT2D eigenvalue weighted by Gasteiger charge is -2.21. The van der Waals surface area contributed by atoms with Gasteiger partial charge in [0.1, 0.15) is 5.75 Å². The third kappa shape index (κ3) is 3.09. The van der Waals surface area contributed by atoms with Gasteiger partial charge in [0.05, 0.1) is 20.3 Å². The van der Waals surface area contributed by atoms with Crippen LogP contribution in [0.3, 0.4) is 0 Å². The Morgan fingerprint density at radius 2 is 1.65 bits per heavy atom. The highest BCUT2D eigenvalue weighted by Gasteiger charge is 2.20. The molecule has 0 aromatic heterocycles. The first-order valence-corrected chi connectivity index (χ1v) is 6.28. The minimum Gasteiger partial charge on any atom is -0.496 e. The van der Waals surface area contributed by atoms with E-state index in [0.717, 1.165) is 16.9 Å². The summed E-state index contributed by atoms with van der Waals surface area (Å²) in [5.41, 5.74) is 1.84. The molecule has 4 heteroatoms. The van der Waals surface area contributed by atoms with Crippen molar-refractivity contribution in [3.05, 3.63) is 65.7 Å². The Balaban J connectivity index is 2.43. The summed E-state index contributed by atoms with van der Waals surface area (Å²) >= 11 is 0. The molecular formula is C16H17NO3. The van der Waals surface area contributed by atoms with Crippen LogP contribution in [-0.4, -0.2) is 20.3 Å². The van der Waals surface area contributed by atoms with Gasteiger partial charge in [-0.1, -0.05) is 48.5 Å². The molecule has 0 fully saturated rings. The highest BCUT2D eigenvalue weighted by Crippen LogP contribution is 2.29. The standard InChI is InChI=1S/C16H17NO3/c1-19-14-11-7-6-10-13(14)15(17-16(18)20-2)12-8-4-3-5-9-12/h3-11,15H,1-2H3,(H,17,18). The zero-order valence-electron chi connectivity index (χ0n) is 11.5. The molecular weight excluding hydrogens is 254 g/mol. The van der Waals surface area contributed by atoms with E-state index in [0.29, 0.717) is 0 Å². The lowest BCUT2D eigenvalue weighted by atomic mass is 9.98. The topological polar surface area (TPSA) is 47.6 Å². The molecule has 0 saturated heterocycles. The maximum Gasteiger partial charge on any atom is 0.407 e. The van der Waals surface area contributed by atoms with Crippen LogP contribution in [0.4, 0.5) is 4.79 Å². The molecule has 20 heavy (non-hydrogen) atoms. The molecule has 2 aromatic rings. The largest absolute Gasteiger partial charge is 0.496 e. The van der Waals surface area contributed by atoms with Gasteiger partial charge in [0.15, 0.2) is 0 Å². The smallest absolute Gasteiger partial charge is 0.407 e. The van der Waals surface area contributed by atoms with Crippen LogP contribution in [0.5, 0.6) is 5.75 Å². The van der Waals surface area contributed by atoms with E-state index in [4.69, 9.17) is 9.47 Å². The van der Waals surface area contributed by atoms with Gasteiger partial charge in [-0.05, 0) is 11.6 Å². The molecule has 0 heterocycles. The molecule has 2 aromatic carbocycles. The summed E-state index contributed by atoms with van der Waals surface area (Å²) in [4.78, 5) is 11.6. The maximum absolute atomic E-state index is 11.6. The van der Waals surface area contributed by atoms with E-state index >= 15 is 0 Å². The molecule has 1 N–H and O–H groups in total. The second kappa shape index (κ2) is 6.61. The van der Waals surface area contributed by atoms with Crippen molar-refractivity contribution in [2.45, 2.75) is 6.04 Å². The van der Waals surface area contributed by atoms with Crippen molar-refractivity contribution in [1.29, 1.82) is 0 Å². The lowest BCUT2D eigenvalue weighted by molar-refractivity contribution is 0.168. The average molecular weight is 271 g/mol. The van der Waals surface area contributed by atoms with Crippen molar-refractivity contribution >= 4 is 6.09 Å². The summed E-state index contributed by atoms with van der Waals surface area (Å²) in [7, 11) is 2.96. The predicted molar refractivity (Wildman–Crippen MR) is 76.8 cm³/mol. The first-order chi connectivity index (χ1) is 9.76. The first-order valence-electron chi connectivity index (χ1n) is 6.28. The van der Waals surface area contributed by atoms with Crippen LogP contribution < -0.4 is 10.1 Å².